The maximum Gasteiger partial charge on any atom is 0.311 e. The molecule has 0 aromatic heterocycles. The van der Waals surface area contributed by atoms with Crippen LogP contribution in [0.4, 0.5) is 4.39 Å². The highest BCUT2D eigenvalue weighted by Crippen LogP contribution is 2.04. The second-order valence-electron chi connectivity index (χ2n) is 4.96. The van der Waals surface area contributed by atoms with Crippen LogP contribution in [0.15, 0.2) is 54.6 Å². The van der Waals surface area contributed by atoms with Gasteiger partial charge in [0.15, 0.2) is 0 Å². The van der Waals surface area contributed by atoms with Gasteiger partial charge in [-0.2, -0.15) is 0 Å². The third-order valence-corrected chi connectivity index (χ3v) is 3.17. The van der Waals surface area contributed by atoms with Gasteiger partial charge in [-0.25, -0.2) is 4.39 Å². The summed E-state index contributed by atoms with van der Waals surface area (Å²) >= 11 is 0. The lowest BCUT2D eigenvalue weighted by molar-refractivity contribution is -0.145. The Kier molecular flexibility index (Phi) is 5.25. The number of amides is 2. The number of halogens is 1. The third kappa shape index (κ3) is 4.41. The van der Waals surface area contributed by atoms with Gasteiger partial charge in [-0.3, -0.25) is 9.59 Å². The summed E-state index contributed by atoms with van der Waals surface area (Å²) in [7, 11) is 1.58. The van der Waals surface area contributed by atoms with E-state index in [0.29, 0.717) is 6.54 Å². The molecule has 0 heterocycles. The molecule has 0 aliphatic carbocycles. The molecule has 0 atom stereocenters. The molecule has 5 heteroatoms. The first kappa shape index (κ1) is 15.7. The highest BCUT2D eigenvalue weighted by atomic mass is 19.1. The second-order valence-corrected chi connectivity index (χ2v) is 4.96. The Morgan fingerprint density at radius 3 is 2.27 bits per heavy atom. The molecular formula is C17H17FN2O2. The normalized spacial score (nSPS) is 10.1. The van der Waals surface area contributed by atoms with Gasteiger partial charge >= 0.3 is 11.8 Å². The fourth-order valence-corrected chi connectivity index (χ4v) is 1.96. The van der Waals surface area contributed by atoms with Crippen molar-refractivity contribution >= 4 is 11.8 Å². The lowest BCUT2D eigenvalue weighted by atomic mass is 10.2. The van der Waals surface area contributed by atoms with Gasteiger partial charge in [-0.15, -0.1) is 0 Å². The van der Waals surface area contributed by atoms with Crippen molar-refractivity contribution in [2.75, 3.05) is 7.05 Å². The van der Waals surface area contributed by atoms with E-state index in [2.05, 4.69) is 5.32 Å². The van der Waals surface area contributed by atoms with Crippen molar-refractivity contribution in [3.63, 3.8) is 0 Å². The van der Waals surface area contributed by atoms with Gasteiger partial charge in [-0.1, -0.05) is 42.5 Å². The Morgan fingerprint density at radius 1 is 1.00 bits per heavy atom. The van der Waals surface area contributed by atoms with Crippen molar-refractivity contribution in [1.29, 1.82) is 0 Å². The minimum Gasteiger partial charge on any atom is -0.344 e. The summed E-state index contributed by atoms with van der Waals surface area (Å²) in [6, 6.07) is 15.2. The van der Waals surface area contributed by atoms with Crippen LogP contribution in [0.1, 0.15) is 11.1 Å². The van der Waals surface area contributed by atoms with E-state index in [1.807, 2.05) is 30.3 Å². The van der Waals surface area contributed by atoms with E-state index in [4.69, 9.17) is 0 Å². The third-order valence-electron chi connectivity index (χ3n) is 3.17. The average Bonchev–Trinajstić information content (AvgIpc) is 2.54. The van der Waals surface area contributed by atoms with Crippen molar-refractivity contribution in [3.8, 4) is 0 Å². The fourth-order valence-electron chi connectivity index (χ4n) is 1.96. The molecule has 2 aromatic carbocycles. The lowest BCUT2D eigenvalue weighted by Gasteiger charge is -2.16. The Hall–Kier alpha value is -2.69. The number of likely N-dealkylation sites (N-methyl/N-ethyl adjacent to an activating group) is 1. The number of hydrogen-bond acceptors (Lipinski definition) is 2. The Labute approximate surface area is 128 Å². The van der Waals surface area contributed by atoms with Crippen molar-refractivity contribution in [3.05, 3.63) is 71.5 Å². The van der Waals surface area contributed by atoms with Crippen LogP contribution >= 0.6 is 0 Å². The predicted molar refractivity (Wildman–Crippen MR) is 81.2 cm³/mol. The largest absolute Gasteiger partial charge is 0.344 e. The number of carbonyl (C=O) groups is 2. The SMILES string of the molecule is CN(Cc1ccccc1)C(=O)C(=O)NCc1ccc(F)cc1. The predicted octanol–water partition coefficient (Wildman–Crippen LogP) is 2.10. The summed E-state index contributed by atoms with van der Waals surface area (Å²) in [6.45, 7) is 0.549. The molecule has 2 amide bonds. The molecule has 0 saturated heterocycles. The molecule has 2 aromatic rings. The number of rotatable bonds is 4. The molecule has 0 fully saturated rings. The molecule has 0 spiro atoms. The molecule has 114 valence electrons. The first-order valence-electron chi connectivity index (χ1n) is 6.88. The first-order chi connectivity index (χ1) is 10.6. The molecule has 0 radical (unpaired) electrons. The highest BCUT2D eigenvalue weighted by Gasteiger charge is 2.18. The van der Waals surface area contributed by atoms with E-state index < -0.39 is 11.8 Å². The molecule has 2 rings (SSSR count). The van der Waals surface area contributed by atoms with E-state index in [9.17, 15) is 14.0 Å². The Balaban J connectivity index is 1.86. The summed E-state index contributed by atoms with van der Waals surface area (Å²) in [5.74, 6) is -1.62. The van der Waals surface area contributed by atoms with Crippen LogP contribution in [-0.2, 0) is 22.7 Å². The van der Waals surface area contributed by atoms with Gasteiger partial charge in [-0.05, 0) is 23.3 Å². The number of nitrogens with one attached hydrogen (secondary N) is 1. The van der Waals surface area contributed by atoms with Gasteiger partial charge in [0.05, 0.1) is 0 Å². The maximum absolute atomic E-state index is 12.8. The molecule has 0 aliphatic rings. The van der Waals surface area contributed by atoms with Gasteiger partial charge in [0.2, 0.25) is 0 Å². The molecule has 1 N–H and O–H groups in total. The number of hydrogen-bond donors (Lipinski definition) is 1. The minimum atomic E-state index is -0.678. The van der Waals surface area contributed by atoms with Gasteiger partial charge < -0.3 is 10.2 Å². The highest BCUT2D eigenvalue weighted by molar-refractivity contribution is 6.34. The van der Waals surface area contributed by atoms with Crippen molar-refractivity contribution in [2.24, 2.45) is 0 Å². The quantitative estimate of drug-likeness (QED) is 0.879. The molecular weight excluding hydrogens is 283 g/mol. The van der Waals surface area contributed by atoms with Crippen LogP contribution in [-0.4, -0.2) is 23.8 Å². The van der Waals surface area contributed by atoms with E-state index in [1.54, 1.807) is 19.2 Å². The van der Waals surface area contributed by atoms with Gasteiger partial charge in [0.25, 0.3) is 0 Å². The monoisotopic (exact) mass is 300 g/mol. The zero-order chi connectivity index (χ0) is 15.9. The lowest BCUT2D eigenvalue weighted by Crippen LogP contribution is -2.40. The minimum absolute atomic E-state index is 0.185. The van der Waals surface area contributed by atoms with Crippen LogP contribution in [0.5, 0.6) is 0 Å². The summed E-state index contributed by atoms with van der Waals surface area (Å²) in [5, 5.41) is 2.53. The zero-order valence-corrected chi connectivity index (χ0v) is 12.3. The van der Waals surface area contributed by atoms with E-state index in [0.717, 1.165) is 11.1 Å². The maximum atomic E-state index is 12.8. The van der Waals surface area contributed by atoms with E-state index >= 15 is 0 Å². The number of benzene rings is 2. The standard InChI is InChI=1S/C17H17FN2O2/c1-20(12-14-5-3-2-4-6-14)17(22)16(21)19-11-13-7-9-15(18)10-8-13/h2-10H,11-12H2,1H3,(H,19,21). The first-order valence-corrected chi connectivity index (χ1v) is 6.88. The fraction of sp³-hybridized carbons (Fsp3) is 0.176. The topological polar surface area (TPSA) is 49.4 Å². The molecule has 22 heavy (non-hydrogen) atoms. The summed E-state index contributed by atoms with van der Waals surface area (Å²) in [5.41, 5.74) is 1.68. The van der Waals surface area contributed by atoms with Crippen molar-refractivity contribution < 1.29 is 14.0 Å². The van der Waals surface area contributed by atoms with Crippen molar-refractivity contribution in [1.82, 2.24) is 10.2 Å². The van der Waals surface area contributed by atoms with Crippen LogP contribution in [0, 0.1) is 5.82 Å². The number of nitrogens with zero attached hydrogens (tertiary/aromatic N) is 1. The van der Waals surface area contributed by atoms with Crippen LogP contribution < -0.4 is 5.32 Å². The average molecular weight is 300 g/mol. The Morgan fingerprint density at radius 2 is 1.64 bits per heavy atom. The van der Waals surface area contributed by atoms with Crippen LogP contribution in [0.2, 0.25) is 0 Å². The molecule has 0 unspecified atom stereocenters. The van der Waals surface area contributed by atoms with E-state index in [-0.39, 0.29) is 12.4 Å². The smallest absolute Gasteiger partial charge is 0.311 e. The molecule has 0 aliphatic heterocycles. The van der Waals surface area contributed by atoms with E-state index in [1.165, 1.54) is 17.0 Å². The van der Waals surface area contributed by atoms with Crippen molar-refractivity contribution in [2.45, 2.75) is 13.1 Å². The summed E-state index contributed by atoms with van der Waals surface area (Å²) in [4.78, 5) is 25.2. The van der Waals surface area contributed by atoms with Gasteiger partial charge in [0.1, 0.15) is 5.82 Å². The summed E-state index contributed by atoms with van der Waals surface area (Å²) < 4.78 is 12.8. The van der Waals surface area contributed by atoms with Gasteiger partial charge in [0, 0.05) is 20.1 Å². The second kappa shape index (κ2) is 7.36. The summed E-state index contributed by atoms with van der Waals surface area (Å²) in [6.07, 6.45) is 0. The van der Waals surface area contributed by atoms with Crippen LogP contribution in [0.3, 0.4) is 0 Å². The molecule has 0 bridgehead atoms. The zero-order valence-electron chi connectivity index (χ0n) is 12.3. The number of carbonyl (C=O) groups excluding carboxylic acids is 2. The Bertz CT molecular complexity index is 641. The molecule has 4 nitrogen and oxygen atoms in total. The van der Waals surface area contributed by atoms with Crippen LogP contribution in [0.25, 0.3) is 0 Å². The molecule has 0 saturated carbocycles.